The van der Waals surface area contributed by atoms with Crippen molar-refractivity contribution in [1.82, 2.24) is 5.32 Å². The SMILES string of the molecule is CCC(C)C(CNC)C1=CCCCC1. The van der Waals surface area contributed by atoms with Gasteiger partial charge in [0.15, 0.2) is 0 Å². The summed E-state index contributed by atoms with van der Waals surface area (Å²) in [6, 6.07) is 0. The average molecular weight is 195 g/mol. The fourth-order valence-electron chi connectivity index (χ4n) is 2.40. The molecule has 0 bridgehead atoms. The number of nitrogens with one attached hydrogen (secondary N) is 1. The van der Waals surface area contributed by atoms with Crippen LogP contribution in [0.3, 0.4) is 0 Å². The standard InChI is InChI=1S/C13H25N/c1-4-11(2)13(10-14-3)12-8-6-5-7-9-12/h8,11,13-14H,4-7,9-10H2,1-3H3. The van der Waals surface area contributed by atoms with Crippen molar-refractivity contribution in [3.8, 4) is 0 Å². The number of allylic oxidation sites excluding steroid dienone is 1. The monoisotopic (exact) mass is 195 g/mol. The van der Waals surface area contributed by atoms with Crippen molar-refractivity contribution in [1.29, 1.82) is 0 Å². The summed E-state index contributed by atoms with van der Waals surface area (Å²) < 4.78 is 0. The molecule has 2 atom stereocenters. The predicted molar refractivity (Wildman–Crippen MR) is 63.4 cm³/mol. The van der Waals surface area contributed by atoms with Crippen molar-refractivity contribution >= 4 is 0 Å². The minimum atomic E-state index is 0.783. The predicted octanol–water partition coefficient (Wildman–Crippen LogP) is 3.37. The van der Waals surface area contributed by atoms with Crippen molar-refractivity contribution < 1.29 is 0 Å². The molecule has 82 valence electrons. The molecule has 1 aliphatic rings. The topological polar surface area (TPSA) is 12.0 Å². The van der Waals surface area contributed by atoms with Gasteiger partial charge in [0, 0.05) is 6.54 Å². The van der Waals surface area contributed by atoms with Crippen LogP contribution in [-0.4, -0.2) is 13.6 Å². The smallest absolute Gasteiger partial charge is 0.00164 e. The minimum absolute atomic E-state index is 0.783. The van der Waals surface area contributed by atoms with Crippen molar-refractivity contribution in [2.45, 2.75) is 46.0 Å². The van der Waals surface area contributed by atoms with Crippen LogP contribution in [0.1, 0.15) is 46.0 Å². The van der Waals surface area contributed by atoms with Gasteiger partial charge in [-0.2, -0.15) is 0 Å². The van der Waals surface area contributed by atoms with E-state index in [9.17, 15) is 0 Å². The number of hydrogen-bond donors (Lipinski definition) is 1. The van der Waals surface area contributed by atoms with Gasteiger partial charge in [-0.3, -0.25) is 0 Å². The Balaban J connectivity index is 2.60. The molecule has 2 unspecified atom stereocenters. The molecule has 1 heteroatoms. The zero-order valence-electron chi connectivity index (χ0n) is 9.97. The first-order chi connectivity index (χ1) is 6.79. The second kappa shape index (κ2) is 6.23. The van der Waals surface area contributed by atoms with E-state index in [1.54, 1.807) is 5.57 Å². The van der Waals surface area contributed by atoms with E-state index in [2.05, 4.69) is 32.3 Å². The molecule has 0 radical (unpaired) electrons. The Morgan fingerprint density at radius 2 is 2.21 bits per heavy atom. The van der Waals surface area contributed by atoms with E-state index in [1.807, 2.05) is 0 Å². The molecule has 1 rings (SSSR count). The van der Waals surface area contributed by atoms with Crippen LogP contribution in [0, 0.1) is 11.8 Å². The molecule has 0 heterocycles. The van der Waals surface area contributed by atoms with Crippen LogP contribution in [0.25, 0.3) is 0 Å². The quantitative estimate of drug-likeness (QED) is 0.663. The molecule has 1 aliphatic carbocycles. The second-order valence-electron chi connectivity index (χ2n) is 4.57. The van der Waals surface area contributed by atoms with E-state index in [0.29, 0.717) is 0 Å². The molecule has 0 aromatic carbocycles. The Labute approximate surface area is 89.0 Å². The third-order valence-corrected chi connectivity index (χ3v) is 3.56. The molecule has 1 nitrogen and oxygen atoms in total. The molecule has 1 N–H and O–H groups in total. The van der Waals surface area contributed by atoms with Crippen LogP contribution < -0.4 is 5.32 Å². The van der Waals surface area contributed by atoms with Gasteiger partial charge in [0.05, 0.1) is 0 Å². The average Bonchev–Trinajstić information content (AvgIpc) is 2.26. The summed E-state index contributed by atoms with van der Waals surface area (Å²) in [5.41, 5.74) is 1.72. The Morgan fingerprint density at radius 1 is 1.43 bits per heavy atom. The number of rotatable bonds is 5. The molecule has 0 aromatic rings. The van der Waals surface area contributed by atoms with E-state index in [1.165, 1.54) is 32.1 Å². The van der Waals surface area contributed by atoms with Crippen molar-refractivity contribution in [3.05, 3.63) is 11.6 Å². The first kappa shape index (κ1) is 11.8. The highest BCUT2D eigenvalue weighted by Gasteiger charge is 2.20. The summed E-state index contributed by atoms with van der Waals surface area (Å²) in [5.74, 6) is 1.61. The molecule has 0 amide bonds. The second-order valence-corrected chi connectivity index (χ2v) is 4.57. The summed E-state index contributed by atoms with van der Waals surface area (Å²) >= 11 is 0. The fourth-order valence-corrected chi connectivity index (χ4v) is 2.40. The molecule has 0 spiro atoms. The molecule has 0 aromatic heterocycles. The largest absolute Gasteiger partial charge is 0.319 e. The van der Waals surface area contributed by atoms with E-state index in [0.717, 1.165) is 18.4 Å². The Morgan fingerprint density at radius 3 is 2.71 bits per heavy atom. The third kappa shape index (κ3) is 3.13. The zero-order valence-corrected chi connectivity index (χ0v) is 9.97. The van der Waals surface area contributed by atoms with Crippen LogP contribution >= 0.6 is 0 Å². The number of hydrogen-bond acceptors (Lipinski definition) is 1. The van der Waals surface area contributed by atoms with Crippen LogP contribution in [0.5, 0.6) is 0 Å². The normalized spacial score (nSPS) is 21.5. The van der Waals surface area contributed by atoms with Gasteiger partial charge in [-0.25, -0.2) is 0 Å². The molecule has 0 saturated heterocycles. The lowest BCUT2D eigenvalue weighted by Gasteiger charge is -2.28. The van der Waals surface area contributed by atoms with E-state index in [-0.39, 0.29) is 0 Å². The van der Waals surface area contributed by atoms with Crippen LogP contribution in [0.4, 0.5) is 0 Å². The Kier molecular flexibility index (Phi) is 5.24. The fraction of sp³-hybridized carbons (Fsp3) is 0.846. The van der Waals surface area contributed by atoms with Crippen molar-refractivity contribution in [3.63, 3.8) is 0 Å². The van der Waals surface area contributed by atoms with E-state index in [4.69, 9.17) is 0 Å². The van der Waals surface area contributed by atoms with Crippen LogP contribution in [0.15, 0.2) is 11.6 Å². The van der Waals surface area contributed by atoms with Crippen LogP contribution in [-0.2, 0) is 0 Å². The van der Waals surface area contributed by atoms with E-state index < -0.39 is 0 Å². The highest BCUT2D eigenvalue weighted by Crippen LogP contribution is 2.30. The lowest BCUT2D eigenvalue weighted by molar-refractivity contribution is 0.370. The first-order valence-electron chi connectivity index (χ1n) is 6.13. The van der Waals surface area contributed by atoms with Gasteiger partial charge in [0.1, 0.15) is 0 Å². The highest BCUT2D eigenvalue weighted by molar-refractivity contribution is 5.11. The maximum atomic E-state index is 3.34. The Hall–Kier alpha value is -0.300. The maximum absolute atomic E-state index is 3.34. The summed E-state index contributed by atoms with van der Waals surface area (Å²) in [6.07, 6.45) is 9.25. The molecular formula is C13H25N. The van der Waals surface area contributed by atoms with Gasteiger partial charge in [-0.1, -0.05) is 31.9 Å². The molecular weight excluding hydrogens is 170 g/mol. The summed E-state index contributed by atoms with van der Waals surface area (Å²) in [4.78, 5) is 0. The zero-order chi connectivity index (χ0) is 10.4. The molecule has 14 heavy (non-hydrogen) atoms. The van der Waals surface area contributed by atoms with Gasteiger partial charge in [-0.15, -0.1) is 0 Å². The van der Waals surface area contributed by atoms with Gasteiger partial charge in [0.25, 0.3) is 0 Å². The van der Waals surface area contributed by atoms with Gasteiger partial charge in [0.2, 0.25) is 0 Å². The molecule has 0 fully saturated rings. The lowest BCUT2D eigenvalue weighted by Crippen LogP contribution is -2.26. The summed E-state index contributed by atoms with van der Waals surface area (Å²) in [5, 5.41) is 3.34. The van der Waals surface area contributed by atoms with E-state index >= 15 is 0 Å². The van der Waals surface area contributed by atoms with Gasteiger partial charge in [-0.05, 0) is 44.6 Å². The maximum Gasteiger partial charge on any atom is 0.00164 e. The van der Waals surface area contributed by atoms with Gasteiger partial charge < -0.3 is 5.32 Å². The first-order valence-corrected chi connectivity index (χ1v) is 6.13. The highest BCUT2D eigenvalue weighted by atomic mass is 14.8. The molecule has 0 aliphatic heterocycles. The Bertz CT molecular complexity index is 184. The summed E-state index contributed by atoms with van der Waals surface area (Å²) in [6.45, 7) is 5.84. The van der Waals surface area contributed by atoms with Crippen molar-refractivity contribution in [2.75, 3.05) is 13.6 Å². The summed E-state index contributed by atoms with van der Waals surface area (Å²) in [7, 11) is 2.07. The van der Waals surface area contributed by atoms with Crippen LogP contribution in [0.2, 0.25) is 0 Å². The third-order valence-electron chi connectivity index (χ3n) is 3.56. The van der Waals surface area contributed by atoms with Crippen molar-refractivity contribution in [2.24, 2.45) is 11.8 Å². The molecule has 0 saturated carbocycles. The minimum Gasteiger partial charge on any atom is -0.319 e. The van der Waals surface area contributed by atoms with Gasteiger partial charge >= 0.3 is 0 Å². The lowest BCUT2D eigenvalue weighted by atomic mass is 9.80.